The predicted molar refractivity (Wildman–Crippen MR) is 78.7 cm³/mol. The van der Waals surface area contributed by atoms with Crippen molar-refractivity contribution in [2.45, 2.75) is 24.6 Å². The van der Waals surface area contributed by atoms with Crippen LogP contribution in [-0.4, -0.2) is 42.3 Å². The summed E-state index contributed by atoms with van der Waals surface area (Å²) in [6.45, 7) is 1.95. The van der Waals surface area contributed by atoms with Crippen molar-refractivity contribution in [3.8, 4) is 5.75 Å². The van der Waals surface area contributed by atoms with Gasteiger partial charge >= 0.3 is 0 Å². The lowest BCUT2D eigenvalue weighted by atomic mass is 10.1. The number of nitrogens with one attached hydrogen (secondary N) is 1. The Balaban J connectivity index is 2.60. The fourth-order valence-corrected chi connectivity index (χ4v) is 2.48. The Morgan fingerprint density at radius 3 is 2.74 bits per heavy atom. The maximum Gasteiger partial charge on any atom is 0.224 e. The molecule has 1 aromatic rings. The summed E-state index contributed by atoms with van der Waals surface area (Å²) in [4.78, 5) is 12.0. The topological polar surface area (TPSA) is 58.6 Å². The first kappa shape index (κ1) is 15.9. The van der Waals surface area contributed by atoms with Gasteiger partial charge in [-0.1, -0.05) is 18.2 Å². The maximum absolute atomic E-state index is 12.0. The third-order valence-corrected chi connectivity index (χ3v) is 4.14. The molecule has 0 bridgehead atoms. The largest absolute Gasteiger partial charge is 0.496 e. The Bertz CT molecular complexity index is 407. The Kier molecular flexibility index (Phi) is 6.73. The van der Waals surface area contributed by atoms with Crippen molar-refractivity contribution >= 4 is 17.7 Å². The van der Waals surface area contributed by atoms with Gasteiger partial charge in [-0.15, -0.1) is 0 Å². The van der Waals surface area contributed by atoms with Gasteiger partial charge < -0.3 is 15.2 Å². The molecule has 4 nitrogen and oxygen atoms in total. The number of rotatable bonds is 7. The van der Waals surface area contributed by atoms with E-state index in [1.54, 1.807) is 18.9 Å². The van der Waals surface area contributed by atoms with Crippen LogP contribution < -0.4 is 10.1 Å². The minimum absolute atomic E-state index is 0.0154. The number of para-hydroxylation sites is 1. The van der Waals surface area contributed by atoms with Crippen molar-refractivity contribution in [1.82, 2.24) is 5.32 Å². The van der Waals surface area contributed by atoms with Crippen molar-refractivity contribution in [1.29, 1.82) is 0 Å². The lowest BCUT2D eigenvalue weighted by Gasteiger charge is -2.21. The third kappa shape index (κ3) is 4.76. The Morgan fingerprint density at radius 1 is 1.47 bits per heavy atom. The molecule has 0 fully saturated rings. The molecule has 0 saturated carbocycles. The second kappa shape index (κ2) is 8.07. The standard InChI is InChI=1S/C14H21NO3S/c1-10(13(9-16)19-3)15-14(17)8-11-6-4-5-7-12(11)18-2/h4-7,10,13,16H,8-9H2,1-3H3,(H,15,17). The van der Waals surface area contributed by atoms with Crippen LogP contribution >= 0.6 is 11.8 Å². The monoisotopic (exact) mass is 283 g/mol. The summed E-state index contributed by atoms with van der Waals surface area (Å²) in [5.74, 6) is 0.651. The molecule has 2 unspecified atom stereocenters. The molecule has 19 heavy (non-hydrogen) atoms. The van der Waals surface area contributed by atoms with Gasteiger partial charge in [0.2, 0.25) is 5.91 Å². The molecule has 0 aliphatic rings. The van der Waals surface area contributed by atoms with E-state index >= 15 is 0 Å². The zero-order valence-corrected chi connectivity index (χ0v) is 12.4. The van der Waals surface area contributed by atoms with E-state index in [0.717, 1.165) is 5.56 Å². The molecule has 0 aliphatic carbocycles. The van der Waals surface area contributed by atoms with E-state index < -0.39 is 0 Å². The lowest BCUT2D eigenvalue weighted by Crippen LogP contribution is -2.41. The second-order valence-electron chi connectivity index (χ2n) is 4.30. The number of hydrogen-bond acceptors (Lipinski definition) is 4. The molecule has 5 heteroatoms. The summed E-state index contributed by atoms with van der Waals surface area (Å²) in [5, 5.41) is 12.1. The fraction of sp³-hybridized carbons (Fsp3) is 0.500. The first-order valence-corrected chi connectivity index (χ1v) is 7.46. The molecule has 106 valence electrons. The highest BCUT2D eigenvalue weighted by atomic mass is 32.2. The van der Waals surface area contributed by atoms with Gasteiger partial charge in [0, 0.05) is 16.9 Å². The van der Waals surface area contributed by atoms with E-state index in [1.807, 2.05) is 37.4 Å². The minimum atomic E-state index is -0.0674. The van der Waals surface area contributed by atoms with E-state index in [9.17, 15) is 9.90 Å². The van der Waals surface area contributed by atoms with Gasteiger partial charge in [-0.2, -0.15) is 11.8 Å². The van der Waals surface area contributed by atoms with Crippen molar-refractivity contribution in [3.05, 3.63) is 29.8 Å². The Morgan fingerprint density at radius 2 is 2.16 bits per heavy atom. The van der Waals surface area contributed by atoms with Crippen LogP contribution in [0.1, 0.15) is 12.5 Å². The van der Waals surface area contributed by atoms with E-state index in [2.05, 4.69) is 5.32 Å². The highest BCUT2D eigenvalue weighted by Crippen LogP contribution is 2.18. The summed E-state index contributed by atoms with van der Waals surface area (Å²) >= 11 is 1.54. The van der Waals surface area contributed by atoms with Gasteiger partial charge in [-0.05, 0) is 19.2 Å². The number of amides is 1. The number of aliphatic hydroxyl groups excluding tert-OH is 1. The highest BCUT2D eigenvalue weighted by molar-refractivity contribution is 7.99. The summed E-state index contributed by atoms with van der Waals surface area (Å²) in [6, 6.07) is 7.40. The summed E-state index contributed by atoms with van der Waals surface area (Å²) in [7, 11) is 1.59. The molecule has 2 atom stereocenters. The average molecular weight is 283 g/mol. The van der Waals surface area contributed by atoms with Gasteiger partial charge in [-0.3, -0.25) is 4.79 Å². The van der Waals surface area contributed by atoms with Crippen LogP contribution in [0.5, 0.6) is 5.75 Å². The smallest absolute Gasteiger partial charge is 0.224 e. The van der Waals surface area contributed by atoms with E-state index in [0.29, 0.717) is 5.75 Å². The quantitative estimate of drug-likeness (QED) is 0.795. The highest BCUT2D eigenvalue weighted by Gasteiger charge is 2.18. The van der Waals surface area contributed by atoms with Gasteiger partial charge in [0.25, 0.3) is 0 Å². The first-order valence-electron chi connectivity index (χ1n) is 6.17. The molecule has 1 amide bonds. The van der Waals surface area contributed by atoms with Crippen molar-refractivity contribution < 1.29 is 14.6 Å². The number of carbonyl (C=O) groups is 1. The van der Waals surface area contributed by atoms with E-state index in [1.165, 1.54) is 0 Å². The number of thioether (sulfide) groups is 1. The molecule has 0 aromatic heterocycles. The molecule has 0 saturated heterocycles. The van der Waals surface area contributed by atoms with Crippen molar-refractivity contribution in [3.63, 3.8) is 0 Å². The zero-order chi connectivity index (χ0) is 14.3. The van der Waals surface area contributed by atoms with Gasteiger partial charge in [0.05, 0.1) is 20.1 Å². The van der Waals surface area contributed by atoms with Crippen molar-refractivity contribution in [2.24, 2.45) is 0 Å². The van der Waals surface area contributed by atoms with E-state index in [-0.39, 0.29) is 30.2 Å². The molecule has 1 rings (SSSR count). The van der Waals surface area contributed by atoms with Gasteiger partial charge in [-0.25, -0.2) is 0 Å². The van der Waals surface area contributed by atoms with Crippen LogP contribution in [0.25, 0.3) is 0 Å². The van der Waals surface area contributed by atoms with E-state index in [4.69, 9.17) is 4.74 Å². The molecule has 0 spiro atoms. The van der Waals surface area contributed by atoms with Gasteiger partial charge in [0.1, 0.15) is 5.75 Å². The van der Waals surface area contributed by atoms with Crippen LogP contribution in [0.2, 0.25) is 0 Å². The van der Waals surface area contributed by atoms with Crippen LogP contribution in [0.15, 0.2) is 24.3 Å². The van der Waals surface area contributed by atoms with Crippen LogP contribution in [0.3, 0.4) is 0 Å². The van der Waals surface area contributed by atoms with Crippen LogP contribution in [-0.2, 0) is 11.2 Å². The number of hydrogen-bond donors (Lipinski definition) is 2. The number of carbonyl (C=O) groups excluding carboxylic acids is 1. The lowest BCUT2D eigenvalue weighted by molar-refractivity contribution is -0.121. The second-order valence-corrected chi connectivity index (χ2v) is 5.38. The van der Waals surface area contributed by atoms with Crippen molar-refractivity contribution in [2.75, 3.05) is 20.0 Å². The average Bonchev–Trinajstić information content (AvgIpc) is 2.40. The number of ether oxygens (including phenoxy) is 1. The molecule has 0 aliphatic heterocycles. The fourth-order valence-electron chi connectivity index (χ4n) is 1.86. The Hall–Kier alpha value is -1.20. The summed E-state index contributed by atoms with van der Waals surface area (Å²) < 4.78 is 5.22. The normalized spacial score (nSPS) is 13.7. The molecule has 0 heterocycles. The number of benzene rings is 1. The minimum Gasteiger partial charge on any atom is -0.496 e. The summed E-state index contributed by atoms with van der Waals surface area (Å²) in [6.07, 6.45) is 2.20. The number of aliphatic hydroxyl groups is 1. The molecule has 2 N–H and O–H groups in total. The summed E-state index contributed by atoms with van der Waals surface area (Å²) in [5.41, 5.74) is 0.861. The SMILES string of the molecule is COc1ccccc1CC(=O)NC(C)C(CO)SC. The first-order chi connectivity index (χ1) is 9.12. The Labute approximate surface area is 118 Å². The zero-order valence-electron chi connectivity index (χ0n) is 11.6. The molecule has 1 aromatic carbocycles. The molecule has 0 radical (unpaired) electrons. The number of methoxy groups -OCH3 is 1. The third-order valence-electron chi connectivity index (χ3n) is 2.97. The molecular formula is C14H21NO3S. The van der Waals surface area contributed by atoms with Crippen LogP contribution in [0.4, 0.5) is 0 Å². The maximum atomic E-state index is 12.0. The van der Waals surface area contributed by atoms with Crippen LogP contribution in [0, 0.1) is 0 Å². The predicted octanol–water partition coefficient (Wildman–Crippen LogP) is 1.47. The molecular weight excluding hydrogens is 262 g/mol. The van der Waals surface area contributed by atoms with Gasteiger partial charge in [0.15, 0.2) is 0 Å².